The van der Waals surface area contributed by atoms with E-state index >= 15 is 0 Å². The van der Waals surface area contributed by atoms with E-state index in [2.05, 4.69) is 10.3 Å². The largest absolute Gasteiger partial charge is 0.459 e. The van der Waals surface area contributed by atoms with Crippen molar-refractivity contribution in [1.82, 2.24) is 15.3 Å². The van der Waals surface area contributed by atoms with Crippen LogP contribution in [0.15, 0.2) is 54.7 Å². The quantitative estimate of drug-likeness (QED) is 0.283. The number of hydrogen-bond acceptors (Lipinski definition) is 6. The van der Waals surface area contributed by atoms with E-state index in [1.165, 1.54) is 0 Å². The smallest absolute Gasteiger partial charge is 0.341 e. The lowest BCUT2D eigenvalue weighted by Crippen LogP contribution is -2.31. The lowest BCUT2D eigenvalue weighted by atomic mass is 10.0. The molecule has 2 aromatic heterocycles. The van der Waals surface area contributed by atoms with E-state index in [0.29, 0.717) is 22.2 Å². The molecule has 4 aromatic rings. The van der Waals surface area contributed by atoms with Crippen LogP contribution in [0.25, 0.3) is 33.8 Å². The highest BCUT2D eigenvalue weighted by molar-refractivity contribution is 6.14. The van der Waals surface area contributed by atoms with Crippen LogP contribution in [0.1, 0.15) is 68.9 Å². The first-order valence-electron chi connectivity index (χ1n) is 12.7. The van der Waals surface area contributed by atoms with E-state index in [1.807, 2.05) is 108 Å². The second-order valence-corrected chi connectivity index (χ2v) is 11.2. The molecule has 0 aliphatic heterocycles. The Balaban J connectivity index is 1.72. The Labute approximate surface area is 223 Å². The van der Waals surface area contributed by atoms with E-state index < -0.39 is 17.2 Å². The molecule has 0 unspecified atom stereocenters. The van der Waals surface area contributed by atoms with E-state index in [1.54, 1.807) is 0 Å². The molecule has 2 N–H and O–H groups in total. The number of hydrogen-bond donors (Lipinski definition) is 2. The number of aromatic nitrogens is 2. The molecular weight excluding hydrogens is 478 g/mol. The highest BCUT2D eigenvalue weighted by atomic mass is 16.6. The summed E-state index contributed by atoms with van der Waals surface area (Å²) < 4.78 is 11.1. The third-order valence-electron chi connectivity index (χ3n) is 5.59. The summed E-state index contributed by atoms with van der Waals surface area (Å²) in [5.74, 6) is -0.816. The van der Waals surface area contributed by atoms with Gasteiger partial charge in [-0.15, -0.1) is 0 Å². The van der Waals surface area contributed by atoms with Crippen LogP contribution >= 0.6 is 0 Å². The number of carbonyl (C=O) groups excluding carboxylic acids is 2. The van der Waals surface area contributed by atoms with Gasteiger partial charge in [-0.25, -0.2) is 9.78 Å². The van der Waals surface area contributed by atoms with Crippen molar-refractivity contribution in [1.29, 1.82) is 0 Å². The summed E-state index contributed by atoms with van der Waals surface area (Å²) in [4.78, 5) is 33.7. The molecule has 4 rings (SSSR count). The molecule has 0 aliphatic carbocycles. The molecule has 38 heavy (non-hydrogen) atoms. The van der Waals surface area contributed by atoms with Crippen molar-refractivity contribution in [2.24, 2.45) is 0 Å². The normalized spacial score (nSPS) is 12.4. The van der Waals surface area contributed by atoms with Crippen molar-refractivity contribution in [2.45, 2.75) is 59.3 Å². The molecule has 198 valence electrons. The molecule has 0 amide bonds. The van der Waals surface area contributed by atoms with Crippen LogP contribution in [0.2, 0.25) is 0 Å². The van der Waals surface area contributed by atoms with Crippen LogP contribution in [0.3, 0.4) is 0 Å². The molecule has 0 radical (unpaired) electrons. The SMILES string of the molecule is CC(C)(C)OC(=O)CNCc1nc2c(ccc3c[nH]c(C=Cc4ccccc4)cc32)c1C(=O)OC(C)(C)C. The predicted octanol–water partition coefficient (Wildman–Crippen LogP) is 6.27. The number of carbonyl (C=O) groups is 2. The molecule has 0 saturated heterocycles. The Morgan fingerprint density at radius 3 is 2.32 bits per heavy atom. The minimum absolute atomic E-state index is 0.00162. The number of benzene rings is 2. The number of nitrogens with one attached hydrogen (secondary N) is 2. The van der Waals surface area contributed by atoms with Crippen LogP contribution in [0, 0.1) is 0 Å². The Hall–Kier alpha value is -3.97. The first-order valence-corrected chi connectivity index (χ1v) is 12.7. The first-order chi connectivity index (χ1) is 17.9. The topological polar surface area (TPSA) is 93.3 Å². The van der Waals surface area contributed by atoms with E-state index in [4.69, 9.17) is 14.5 Å². The lowest BCUT2D eigenvalue weighted by molar-refractivity contribution is -0.153. The fourth-order valence-electron chi connectivity index (χ4n) is 4.12. The number of ether oxygens (including phenoxy) is 2. The van der Waals surface area contributed by atoms with Gasteiger partial charge in [0, 0.05) is 29.2 Å². The third-order valence-corrected chi connectivity index (χ3v) is 5.59. The molecule has 7 nitrogen and oxygen atoms in total. The van der Waals surface area contributed by atoms with Crippen LogP contribution in [0.4, 0.5) is 0 Å². The molecular formula is C31H35N3O4. The molecule has 0 fully saturated rings. The van der Waals surface area contributed by atoms with Crippen molar-refractivity contribution in [3.63, 3.8) is 0 Å². The van der Waals surface area contributed by atoms with Gasteiger partial charge >= 0.3 is 11.9 Å². The summed E-state index contributed by atoms with van der Waals surface area (Å²) in [7, 11) is 0. The van der Waals surface area contributed by atoms with Crippen molar-refractivity contribution >= 4 is 45.8 Å². The van der Waals surface area contributed by atoms with Crippen molar-refractivity contribution in [3.05, 3.63) is 77.2 Å². The zero-order valence-electron chi connectivity index (χ0n) is 22.8. The summed E-state index contributed by atoms with van der Waals surface area (Å²) in [6, 6.07) is 16.0. The predicted molar refractivity (Wildman–Crippen MR) is 152 cm³/mol. The number of fused-ring (bicyclic) bond motifs is 3. The maximum absolute atomic E-state index is 13.3. The highest BCUT2D eigenvalue weighted by Crippen LogP contribution is 2.31. The average Bonchev–Trinajstić information content (AvgIpc) is 3.20. The van der Waals surface area contributed by atoms with Gasteiger partial charge in [0.2, 0.25) is 0 Å². The van der Waals surface area contributed by atoms with Crippen LogP contribution in [-0.4, -0.2) is 39.7 Å². The maximum atomic E-state index is 13.3. The van der Waals surface area contributed by atoms with E-state index in [9.17, 15) is 9.59 Å². The number of esters is 2. The monoisotopic (exact) mass is 513 g/mol. The zero-order valence-corrected chi connectivity index (χ0v) is 22.8. The number of pyridine rings is 1. The van der Waals surface area contributed by atoms with Crippen molar-refractivity contribution < 1.29 is 19.1 Å². The first kappa shape index (κ1) is 27.1. The van der Waals surface area contributed by atoms with Crippen molar-refractivity contribution in [2.75, 3.05) is 6.54 Å². The lowest BCUT2D eigenvalue weighted by Gasteiger charge is -2.20. The zero-order chi connectivity index (χ0) is 27.5. The Morgan fingerprint density at radius 2 is 1.63 bits per heavy atom. The van der Waals surface area contributed by atoms with Gasteiger partial charge in [-0.1, -0.05) is 48.5 Å². The molecule has 0 spiro atoms. The molecule has 0 bridgehead atoms. The van der Waals surface area contributed by atoms with Gasteiger partial charge in [0.05, 0.1) is 23.3 Å². The van der Waals surface area contributed by atoms with Crippen LogP contribution < -0.4 is 5.32 Å². The van der Waals surface area contributed by atoms with Crippen LogP contribution in [-0.2, 0) is 20.8 Å². The van der Waals surface area contributed by atoms with Gasteiger partial charge in [-0.2, -0.15) is 0 Å². The highest BCUT2D eigenvalue weighted by Gasteiger charge is 2.26. The Kier molecular flexibility index (Phi) is 7.69. The minimum atomic E-state index is -0.664. The Morgan fingerprint density at radius 1 is 0.921 bits per heavy atom. The van der Waals surface area contributed by atoms with Gasteiger partial charge in [-0.3, -0.25) is 4.79 Å². The summed E-state index contributed by atoms with van der Waals surface area (Å²) in [5.41, 5.74) is 2.40. The van der Waals surface area contributed by atoms with Gasteiger partial charge in [0.1, 0.15) is 11.2 Å². The number of aromatic amines is 1. The van der Waals surface area contributed by atoms with E-state index in [0.717, 1.165) is 22.0 Å². The van der Waals surface area contributed by atoms with Crippen LogP contribution in [0.5, 0.6) is 0 Å². The second kappa shape index (κ2) is 10.8. The standard InChI is InChI=1S/C31H35N3O4/c1-30(2,3)37-26(35)19-32-18-25-27(29(36)38-31(4,5)6)23-15-13-21-17-33-22(16-24(21)28(23)34-25)14-12-20-10-8-7-9-11-20/h7-17,32-33H,18-19H2,1-6H3. The van der Waals surface area contributed by atoms with E-state index in [-0.39, 0.29) is 19.1 Å². The maximum Gasteiger partial charge on any atom is 0.341 e. The van der Waals surface area contributed by atoms with Crippen molar-refractivity contribution in [3.8, 4) is 0 Å². The van der Waals surface area contributed by atoms with Gasteiger partial charge in [0.15, 0.2) is 0 Å². The fourth-order valence-corrected chi connectivity index (χ4v) is 4.12. The van der Waals surface area contributed by atoms with Gasteiger partial charge in [0.25, 0.3) is 0 Å². The summed E-state index contributed by atoms with van der Waals surface area (Å²) >= 11 is 0. The minimum Gasteiger partial charge on any atom is -0.459 e. The molecule has 0 atom stereocenters. The molecule has 2 aromatic carbocycles. The second-order valence-electron chi connectivity index (χ2n) is 11.2. The number of nitrogens with zero attached hydrogens (tertiary/aromatic N) is 1. The molecule has 7 heteroatoms. The number of rotatable bonds is 7. The van der Waals surface area contributed by atoms with Gasteiger partial charge < -0.3 is 19.8 Å². The average molecular weight is 514 g/mol. The third kappa shape index (κ3) is 6.86. The molecule has 0 aliphatic rings. The number of H-pyrrole nitrogens is 1. The Bertz CT molecular complexity index is 1490. The fraction of sp³-hybridized carbons (Fsp3) is 0.323. The molecule has 0 saturated carbocycles. The summed E-state index contributed by atoms with van der Waals surface area (Å²) in [5, 5.41) is 5.67. The van der Waals surface area contributed by atoms with Gasteiger partial charge in [-0.05, 0) is 64.6 Å². The summed E-state index contributed by atoms with van der Waals surface area (Å²) in [6.07, 6.45) is 5.98. The molecule has 2 heterocycles. The summed E-state index contributed by atoms with van der Waals surface area (Å²) in [6.45, 7) is 11.2.